The predicted octanol–water partition coefficient (Wildman–Crippen LogP) is 0.778. The molecule has 0 spiro atoms. The topological polar surface area (TPSA) is 55.6 Å². The Morgan fingerprint density at radius 1 is 1.35 bits per heavy atom. The third-order valence-electron chi connectivity index (χ3n) is 3.10. The van der Waals surface area contributed by atoms with Crippen LogP contribution in [0.25, 0.3) is 0 Å². The van der Waals surface area contributed by atoms with Gasteiger partial charge in [-0.25, -0.2) is 9.67 Å². The van der Waals surface area contributed by atoms with Gasteiger partial charge in [-0.05, 0) is 18.6 Å². The maximum Gasteiger partial charge on any atom is 0.138 e. The van der Waals surface area contributed by atoms with Crippen LogP contribution in [0.5, 0.6) is 0 Å². The normalized spacial score (nSPS) is 18.9. The van der Waals surface area contributed by atoms with Crippen LogP contribution >= 0.6 is 0 Å². The first-order chi connectivity index (χ1) is 8.42. The van der Waals surface area contributed by atoms with E-state index in [2.05, 4.69) is 20.4 Å². The van der Waals surface area contributed by atoms with Crippen LogP contribution in [0, 0.1) is 0 Å². The average molecular weight is 229 g/mol. The van der Waals surface area contributed by atoms with Gasteiger partial charge in [-0.3, -0.25) is 4.98 Å². The third-order valence-corrected chi connectivity index (χ3v) is 3.10. The van der Waals surface area contributed by atoms with Gasteiger partial charge < -0.3 is 5.32 Å². The lowest BCUT2D eigenvalue weighted by molar-refractivity contribution is 0.357. The fourth-order valence-corrected chi connectivity index (χ4v) is 2.16. The number of aromatic nitrogens is 4. The average Bonchev–Trinajstić information content (AvgIpc) is 2.85. The van der Waals surface area contributed by atoms with Crippen molar-refractivity contribution in [2.75, 3.05) is 0 Å². The molecular weight excluding hydrogens is 214 g/mol. The van der Waals surface area contributed by atoms with Crippen molar-refractivity contribution in [2.24, 2.45) is 0 Å². The highest BCUT2D eigenvalue weighted by Gasteiger charge is 2.18. The minimum atomic E-state index is 0.464. The Hall–Kier alpha value is -1.75. The molecule has 0 unspecified atom stereocenters. The van der Waals surface area contributed by atoms with Crippen LogP contribution in [0.1, 0.15) is 17.9 Å². The number of hydrogen-bond donors (Lipinski definition) is 1. The molecule has 0 bridgehead atoms. The van der Waals surface area contributed by atoms with E-state index in [0.717, 1.165) is 37.4 Å². The number of aryl methyl sites for hydroxylation is 1. The van der Waals surface area contributed by atoms with Crippen molar-refractivity contribution in [3.05, 3.63) is 42.2 Å². The zero-order valence-electron chi connectivity index (χ0n) is 9.58. The van der Waals surface area contributed by atoms with Crippen molar-refractivity contribution >= 4 is 0 Å². The molecular formula is C12H15N5. The van der Waals surface area contributed by atoms with E-state index in [1.54, 1.807) is 6.33 Å². The second kappa shape index (κ2) is 4.63. The lowest BCUT2D eigenvalue weighted by Gasteiger charge is -2.23. The van der Waals surface area contributed by atoms with E-state index >= 15 is 0 Å². The molecule has 0 amide bonds. The Morgan fingerprint density at radius 3 is 3.24 bits per heavy atom. The van der Waals surface area contributed by atoms with Crippen LogP contribution < -0.4 is 5.32 Å². The summed E-state index contributed by atoms with van der Waals surface area (Å²) in [6.07, 6.45) is 5.58. The number of nitrogens with zero attached hydrogens (tertiary/aromatic N) is 4. The smallest absolute Gasteiger partial charge is 0.138 e. The Kier molecular flexibility index (Phi) is 2.83. The SMILES string of the molecule is c1ccc(CN[C@@H]2CCc3ncnn3C2)nc1. The molecule has 88 valence electrons. The molecule has 0 fully saturated rings. The molecule has 5 heteroatoms. The van der Waals surface area contributed by atoms with E-state index in [0.29, 0.717) is 6.04 Å². The fraction of sp³-hybridized carbons (Fsp3) is 0.417. The highest BCUT2D eigenvalue weighted by atomic mass is 15.3. The minimum absolute atomic E-state index is 0.464. The Morgan fingerprint density at radius 2 is 2.35 bits per heavy atom. The highest BCUT2D eigenvalue weighted by Crippen LogP contribution is 2.11. The number of rotatable bonds is 3. The fourth-order valence-electron chi connectivity index (χ4n) is 2.16. The Labute approximate surface area is 99.9 Å². The lowest BCUT2D eigenvalue weighted by Crippen LogP contribution is -2.37. The predicted molar refractivity (Wildman–Crippen MR) is 63.2 cm³/mol. The van der Waals surface area contributed by atoms with E-state index in [9.17, 15) is 0 Å². The first-order valence-corrected chi connectivity index (χ1v) is 5.92. The molecule has 5 nitrogen and oxygen atoms in total. The summed E-state index contributed by atoms with van der Waals surface area (Å²) >= 11 is 0. The van der Waals surface area contributed by atoms with Gasteiger partial charge in [0.2, 0.25) is 0 Å². The summed E-state index contributed by atoms with van der Waals surface area (Å²) in [5, 5.41) is 7.73. The third kappa shape index (κ3) is 2.34. The molecule has 0 saturated heterocycles. The van der Waals surface area contributed by atoms with Gasteiger partial charge in [0.05, 0.1) is 12.2 Å². The molecule has 0 aromatic carbocycles. The summed E-state index contributed by atoms with van der Waals surface area (Å²) < 4.78 is 1.99. The molecule has 1 atom stereocenters. The summed E-state index contributed by atoms with van der Waals surface area (Å²) in [6.45, 7) is 1.72. The van der Waals surface area contributed by atoms with Gasteiger partial charge in [-0.2, -0.15) is 5.10 Å². The van der Waals surface area contributed by atoms with Crippen molar-refractivity contribution < 1.29 is 0 Å². The summed E-state index contributed by atoms with van der Waals surface area (Å²) in [4.78, 5) is 8.52. The van der Waals surface area contributed by atoms with Crippen molar-refractivity contribution in [1.82, 2.24) is 25.1 Å². The van der Waals surface area contributed by atoms with Crippen molar-refractivity contribution in [3.8, 4) is 0 Å². The molecule has 17 heavy (non-hydrogen) atoms. The summed E-state index contributed by atoms with van der Waals surface area (Å²) in [7, 11) is 0. The molecule has 2 aromatic heterocycles. The van der Waals surface area contributed by atoms with Crippen LogP contribution in [0.15, 0.2) is 30.7 Å². The first-order valence-electron chi connectivity index (χ1n) is 5.92. The van der Waals surface area contributed by atoms with Gasteiger partial charge in [0.15, 0.2) is 0 Å². The Balaban J connectivity index is 1.58. The van der Waals surface area contributed by atoms with Gasteiger partial charge in [-0.15, -0.1) is 0 Å². The Bertz CT molecular complexity index is 479. The minimum Gasteiger partial charge on any atom is -0.307 e. The standard InChI is InChI=1S/C12H15N5/c1-2-6-13-10(3-1)7-14-11-4-5-12-15-9-16-17(12)8-11/h1-3,6,9,11,14H,4-5,7-8H2/t11-/m1/s1. The van der Waals surface area contributed by atoms with Gasteiger partial charge in [0, 0.05) is 25.2 Å². The zero-order chi connectivity index (χ0) is 11.5. The molecule has 1 aliphatic rings. The van der Waals surface area contributed by atoms with E-state index in [-0.39, 0.29) is 0 Å². The van der Waals surface area contributed by atoms with Crippen molar-refractivity contribution in [1.29, 1.82) is 0 Å². The lowest BCUT2D eigenvalue weighted by atomic mass is 10.1. The zero-order valence-corrected chi connectivity index (χ0v) is 9.58. The van der Waals surface area contributed by atoms with E-state index in [4.69, 9.17) is 0 Å². The molecule has 3 rings (SSSR count). The highest BCUT2D eigenvalue weighted by molar-refractivity contribution is 5.03. The second-order valence-corrected chi connectivity index (χ2v) is 4.30. The van der Waals surface area contributed by atoms with Gasteiger partial charge in [0.25, 0.3) is 0 Å². The number of hydrogen-bond acceptors (Lipinski definition) is 4. The van der Waals surface area contributed by atoms with Gasteiger partial charge in [0.1, 0.15) is 12.2 Å². The monoisotopic (exact) mass is 229 g/mol. The van der Waals surface area contributed by atoms with Crippen LogP contribution in [0.4, 0.5) is 0 Å². The maximum absolute atomic E-state index is 4.30. The van der Waals surface area contributed by atoms with E-state index in [1.165, 1.54) is 0 Å². The molecule has 0 aliphatic carbocycles. The van der Waals surface area contributed by atoms with Crippen LogP contribution in [-0.2, 0) is 19.5 Å². The van der Waals surface area contributed by atoms with Gasteiger partial charge in [-0.1, -0.05) is 6.07 Å². The van der Waals surface area contributed by atoms with Crippen LogP contribution in [-0.4, -0.2) is 25.8 Å². The summed E-state index contributed by atoms with van der Waals surface area (Å²) in [5.41, 5.74) is 1.08. The maximum atomic E-state index is 4.30. The van der Waals surface area contributed by atoms with Crippen LogP contribution in [0.2, 0.25) is 0 Å². The summed E-state index contributed by atoms with van der Waals surface area (Å²) in [6, 6.07) is 6.45. The number of nitrogens with one attached hydrogen (secondary N) is 1. The van der Waals surface area contributed by atoms with E-state index in [1.807, 2.05) is 29.1 Å². The molecule has 0 radical (unpaired) electrons. The van der Waals surface area contributed by atoms with Crippen molar-refractivity contribution in [2.45, 2.75) is 32.0 Å². The molecule has 3 heterocycles. The quantitative estimate of drug-likeness (QED) is 0.845. The van der Waals surface area contributed by atoms with E-state index < -0.39 is 0 Å². The molecule has 0 saturated carbocycles. The van der Waals surface area contributed by atoms with Crippen molar-refractivity contribution in [3.63, 3.8) is 0 Å². The van der Waals surface area contributed by atoms with Crippen LogP contribution in [0.3, 0.4) is 0 Å². The molecule has 1 N–H and O–H groups in total. The first kappa shape index (κ1) is 10.4. The molecule has 1 aliphatic heterocycles. The number of pyridine rings is 1. The number of fused-ring (bicyclic) bond motifs is 1. The largest absolute Gasteiger partial charge is 0.307 e. The second-order valence-electron chi connectivity index (χ2n) is 4.30. The van der Waals surface area contributed by atoms with Gasteiger partial charge >= 0.3 is 0 Å². The molecule has 2 aromatic rings. The summed E-state index contributed by atoms with van der Waals surface area (Å²) in [5.74, 6) is 1.10.